The van der Waals surface area contributed by atoms with Crippen molar-refractivity contribution in [1.29, 1.82) is 0 Å². The maximum atomic E-state index is 13.2. The number of benzene rings is 2. The van der Waals surface area contributed by atoms with Crippen molar-refractivity contribution in [3.63, 3.8) is 0 Å². The molecule has 36 heavy (non-hydrogen) atoms. The molecule has 0 saturated carbocycles. The zero-order chi connectivity index (χ0) is 26.0. The van der Waals surface area contributed by atoms with Crippen LogP contribution in [0.15, 0.2) is 67.5 Å². The predicted molar refractivity (Wildman–Crippen MR) is 138 cm³/mol. The summed E-state index contributed by atoms with van der Waals surface area (Å²) in [6.45, 7) is 1.82. The number of halogens is 2. The molecule has 4 aromatic rings. The standard InChI is InChI=1S/C22H14Br2N6O6/c1-2-19-27-17-5-3-13(23)8-16(17)22(31)28(19)26-10-12-7-14(24)9-18(30(34)35)21(12)36-20-6-4-15(11-25-20)29(32)33/h3-11H,2H2,1H3. The Kier molecular flexibility index (Phi) is 7.17. The van der Waals surface area contributed by atoms with Gasteiger partial charge < -0.3 is 4.74 Å². The summed E-state index contributed by atoms with van der Waals surface area (Å²) in [6, 6.07) is 10.3. The third kappa shape index (κ3) is 5.13. The molecule has 0 aliphatic heterocycles. The third-order valence-corrected chi connectivity index (χ3v) is 5.85. The lowest BCUT2D eigenvalue weighted by Crippen LogP contribution is -2.22. The van der Waals surface area contributed by atoms with Gasteiger partial charge in [0.1, 0.15) is 12.0 Å². The Balaban J connectivity index is 1.84. The van der Waals surface area contributed by atoms with E-state index in [-0.39, 0.29) is 22.9 Å². The van der Waals surface area contributed by atoms with E-state index in [2.05, 4.69) is 46.9 Å². The first-order chi connectivity index (χ1) is 17.2. The summed E-state index contributed by atoms with van der Waals surface area (Å²) in [5, 5.41) is 27.2. The molecule has 0 amide bonds. The molecule has 14 heteroatoms. The SMILES string of the molecule is CCc1nc2ccc(Br)cc2c(=O)n1N=Cc1cc(Br)cc([N+](=O)[O-])c1Oc1ccc([N+](=O)[O-])cn1. The van der Waals surface area contributed by atoms with Gasteiger partial charge in [-0.05, 0) is 24.3 Å². The largest absolute Gasteiger partial charge is 0.431 e. The number of rotatable bonds is 7. The Morgan fingerprint density at radius 3 is 2.50 bits per heavy atom. The fraction of sp³-hybridized carbons (Fsp3) is 0.0909. The first kappa shape index (κ1) is 25.1. The number of fused-ring (bicyclic) bond motifs is 1. The fourth-order valence-electron chi connectivity index (χ4n) is 3.25. The molecule has 0 radical (unpaired) electrons. The molecule has 0 unspecified atom stereocenters. The van der Waals surface area contributed by atoms with Crippen LogP contribution in [0.3, 0.4) is 0 Å². The van der Waals surface area contributed by atoms with Gasteiger partial charge in [0.25, 0.3) is 11.2 Å². The number of hydrogen-bond acceptors (Lipinski definition) is 9. The number of aryl methyl sites for hydroxylation is 1. The van der Waals surface area contributed by atoms with E-state index in [0.717, 1.165) is 16.9 Å². The molecular formula is C22H14Br2N6O6. The number of pyridine rings is 1. The van der Waals surface area contributed by atoms with Gasteiger partial charge in [-0.25, -0.2) is 9.97 Å². The van der Waals surface area contributed by atoms with Crippen LogP contribution in [0.4, 0.5) is 11.4 Å². The average Bonchev–Trinajstić information content (AvgIpc) is 2.85. The summed E-state index contributed by atoms with van der Waals surface area (Å²) in [5.74, 6) is 0.0651. The topological polar surface area (TPSA) is 156 Å². The molecule has 0 bridgehead atoms. The number of nitro benzene ring substituents is 1. The van der Waals surface area contributed by atoms with E-state index in [9.17, 15) is 25.0 Å². The molecule has 2 aromatic carbocycles. The van der Waals surface area contributed by atoms with E-state index in [1.807, 2.05) is 6.92 Å². The van der Waals surface area contributed by atoms with Gasteiger partial charge in [0, 0.05) is 39.1 Å². The van der Waals surface area contributed by atoms with Crippen molar-refractivity contribution in [3.05, 3.63) is 99.6 Å². The van der Waals surface area contributed by atoms with E-state index in [4.69, 9.17) is 4.74 Å². The van der Waals surface area contributed by atoms with Crippen LogP contribution in [0, 0.1) is 20.2 Å². The Morgan fingerprint density at radius 1 is 1.08 bits per heavy atom. The normalized spacial score (nSPS) is 11.2. The highest BCUT2D eigenvalue weighted by Crippen LogP contribution is 2.36. The molecule has 0 saturated heterocycles. The molecule has 2 heterocycles. The molecule has 0 N–H and O–H groups in total. The molecule has 0 spiro atoms. The van der Waals surface area contributed by atoms with Crippen LogP contribution < -0.4 is 10.3 Å². The van der Waals surface area contributed by atoms with Crippen LogP contribution in [-0.2, 0) is 6.42 Å². The van der Waals surface area contributed by atoms with Crippen molar-refractivity contribution < 1.29 is 14.6 Å². The van der Waals surface area contributed by atoms with Gasteiger partial charge in [0.2, 0.25) is 11.6 Å². The second-order valence-corrected chi connectivity index (χ2v) is 9.05. The highest BCUT2D eigenvalue weighted by molar-refractivity contribution is 9.10. The van der Waals surface area contributed by atoms with Crippen molar-refractivity contribution in [1.82, 2.24) is 14.6 Å². The molecule has 4 rings (SSSR count). The van der Waals surface area contributed by atoms with Gasteiger partial charge >= 0.3 is 5.69 Å². The number of ether oxygens (including phenoxy) is 1. The smallest absolute Gasteiger partial charge is 0.313 e. The number of aromatic nitrogens is 3. The summed E-state index contributed by atoms with van der Waals surface area (Å²) < 4.78 is 7.84. The zero-order valence-corrected chi connectivity index (χ0v) is 21.5. The maximum absolute atomic E-state index is 13.2. The van der Waals surface area contributed by atoms with Gasteiger partial charge in [0.15, 0.2) is 0 Å². The van der Waals surface area contributed by atoms with Crippen molar-refractivity contribution in [2.45, 2.75) is 13.3 Å². The van der Waals surface area contributed by atoms with Crippen LogP contribution >= 0.6 is 31.9 Å². The predicted octanol–water partition coefficient (Wildman–Crippen LogP) is 5.37. The fourth-order valence-corrected chi connectivity index (χ4v) is 4.08. The first-order valence-electron chi connectivity index (χ1n) is 10.2. The van der Waals surface area contributed by atoms with Crippen LogP contribution in [0.25, 0.3) is 10.9 Å². The second-order valence-electron chi connectivity index (χ2n) is 7.22. The minimum absolute atomic E-state index is 0.107. The molecule has 2 aromatic heterocycles. The maximum Gasteiger partial charge on any atom is 0.313 e. The lowest BCUT2D eigenvalue weighted by molar-refractivity contribution is -0.385. The van der Waals surface area contributed by atoms with Crippen LogP contribution in [0.2, 0.25) is 0 Å². The molecule has 0 fully saturated rings. The minimum atomic E-state index is -0.651. The number of nitrogens with zero attached hydrogens (tertiary/aromatic N) is 6. The van der Waals surface area contributed by atoms with E-state index in [1.165, 1.54) is 24.4 Å². The third-order valence-electron chi connectivity index (χ3n) is 4.90. The summed E-state index contributed by atoms with van der Waals surface area (Å²) >= 11 is 6.58. The summed E-state index contributed by atoms with van der Waals surface area (Å²) in [7, 11) is 0. The van der Waals surface area contributed by atoms with Gasteiger partial charge in [0.05, 0.1) is 27.0 Å². The minimum Gasteiger partial charge on any atom is -0.431 e. The van der Waals surface area contributed by atoms with E-state index in [0.29, 0.717) is 32.1 Å². The summed E-state index contributed by atoms with van der Waals surface area (Å²) in [4.78, 5) is 42.9. The van der Waals surface area contributed by atoms with Crippen LogP contribution in [0.5, 0.6) is 11.6 Å². The Morgan fingerprint density at radius 2 is 1.86 bits per heavy atom. The van der Waals surface area contributed by atoms with Crippen LogP contribution in [-0.4, -0.2) is 30.7 Å². The Bertz CT molecular complexity index is 1600. The van der Waals surface area contributed by atoms with Crippen molar-refractivity contribution in [3.8, 4) is 11.6 Å². The summed E-state index contributed by atoms with van der Waals surface area (Å²) in [5.41, 5.74) is -0.429. The van der Waals surface area contributed by atoms with Crippen molar-refractivity contribution in [2.75, 3.05) is 0 Å². The lowest BCUT2D eigenvalue weighted by atomic mass is 10.2. The van der Waals surface area contributed by atoms with Crippen molar-refractivity contribution >= 4 is 60.4 Å². The molecule has 0 atom stereocenters. The van der Waals surface area contributed by atoms with E-state index >= 15 is 0 Å². The molecule has 0 aliphatic rings. The van der Waals surface area contributed by atoms with E-state index < -0.39 is 21.1 Å². The molecule has 0 aliphatic carbocycles. The first-order valence-corrected chi connectivity index (χ1v) is 11.8. The average molecular weight is 618 g/mol. The molecule has 182 valence electrons. The zero-order valence-electron chi connectivity index (χ0n) is 18.3. The second kappa shape index (κ2) is 10.3. The molecular weight excluding hydrogens is 604 g/mol. The summed E-state index contributed by atoms with van der Waals surface area (Å²) in [6.07, 6.45) is 2.61. The van der Waals surface area contributed by atoms with Gasteiger partial charge in [-0.2, -0.15) is 9.78 Å². The Hall–Kier alpha value is -4.04. The highest BCUT2D eigenvalue weighted by Gasteiger charge is 2.22. The van der Waals surface area contributed by atoms with E-state index in [1.54, 1.807) is 18.2 Å². The van der Waals surface area contributed by atoms with Crippen molar-refractivity contribution in [2.24, 2.45) is 5.10 Å². The van der Waals surface area contributed by atoms with Gasteiger partial charge in [-0.3, -0.25) is 25.0 Å². The molecule has 12 nitrogen and oxygen atoms in total. The number of nitro groups is 2. The Labute approximate surface area is 218 Å². The van der Waals surface area contributed by atoms with Gasteiger partial charge in [-0.1, -0.05) is 38.8 Å². The highest BCUT2D eigenvalue weighted by atomic mass is 79.9. The van der Waals surface area contributed by atoms with Crippen LogP contribution in [0.1, 0.15) is 18.3 Å². The monoisotopic (exact) mass is 616 g/mol. The number of hydrogen-bond donors (Lipinski definition) is 0. The quantitative estimate of drug-likeness (QED) is 0.152. The lowest BCUT2D eigenvalue weighted by Gasteiger charge is -2.10. The van der Waals surface area contributed by atoms with Gasteiger partial charge in [-0.15, -0.1) is 0 Å².